The number of rotatable bonds is 4. The van der Waals surface area contributed by atoms with Crippen LogP contribution in [0.1, 0.15) is 37.1 Å². The number of aliphatic imine (C=N–C) groups is 1. The van der Waals surface area contributed by atoms with Gasteiger partial charge in [-0.3, -0.25) is 4.99 Å². The molecule has 4 nitrogen and oxygen atoms in total. The first kappa shape index (κ1) is 19.4. The summed E-state index contributed by atoms with van der Waals surface area (Å²) in [5.41, 5.74) is 2.87. The predicted octanol–water partition coefficient (Wildman–Crippen LogP) is 6.15. The zero-order valence-corrected chi connectivity index (χ0v) is 17.6. The minimum Gasteiger partial charge on any atom is -0.477 e. The number of nitrogens with zero attached hydrogens (tertiary/aromatic N) is 2. The number of halogens is 2. The molecule has 0 bridgehead atoms. The summed E-state index contributed by atoms with van der Waals surface area (Å²) in [7, 11) is 0. The summed E-state index contributed by atoms with van der Waals surface area (Å²) in [5, 5.41) is 11.8. The predicted molar refractivity (Wildman–Crippen MR) is 115 cm³/mol. The molecule has 7 heteroatoms. The molecule has 0 saturated heterocycles. The van der Waals surface area contributed by atoms with E-state index in [9.17, 15) is 9.90 Å². The molecule has 2 aliphatic heterocycles. The van der Waals surface area contributed by atoms with E-state index in [-0.39, 0.29) is 18.0 Å². The molecular weight excluding hydrogens is 415 g/mol. The molecule has 0 amide bonds. The van der Waals surface area contributed by atoms with Gasteiger partial charge >= 0.3 is 5.97 Å². The van der Waals surface area contributed by atoms with Crippen molar-refractivity contribution >= 4 is 46.1 Å². The van der Waals surface area contributed by atoms with Crippen molar-refractivity contribution < 1.29 is 9.90 Å². The fourth-order valence-electron chi connectivity index (χ4n) is 3.70. The van der Waals surface area contributed by atoms with Crippen LogP contribution in [0.15, 0.2) is 64.1 Å². The third-order valence-corrected chi connectivity index (χ3v) is 6.46. The van der Waals surface area contributed by atoms with Gasteiger partial charge in [-0.05, 0) is 53.1 Å². The Morgan fingerprint density at radius 3 is 2.07 bits per heavy atom. The quantitative estimate of drug-likeness (QED) is 0.629. The molecule has 0 aliphatic carbocycles. The molecule has 144 valence electrons. The number of hydrogen-bond donors (Lipinski definition) is 1. The maximum atomic E-state index is 11.8. The maximum absolute atomic E-state index is 11.8. The standard InChI is InChI=1S/C21H18Cl2N2O2S/c1-11(2)17-19(20(26)27)28-21-24-16(12-3-7-14(22)8-4-12)18(25(17)21)13-5-9-15(23)10-6-13/h3-11,16,18H,1-2H3,(H,26,27). The van der Waals surface area contributed by atoms with Crippen molar-refractivity contribution in [3.8, 4) is 0 Å². The molecule has 2 aliphatic rings. The highest BCUT2D eigenvalue weighted by atomic mass is 35.5. The number of benzene rings is 2. The molecule has 0 aromatic heterocycles. The number of carbonyl (C=O) groups is 1. The van der Waals surface area contributed by atoms with Crippen LogP contribution in [0.25, 0.3) is 0 Å². The summed E-state index contributed by atoms with van der Waals surface area (Å²) < 4.78 is 0. The first-order valence-electron chi connectivity index (χ1n) is 8.90. The summed E-state index contributed by atoms with van der Waals surface area (Å²) >= 11 is 13.4. The minimum atomic E-state index is -0.913. The highest BCUT2D eigenvalue weighted by Crippen LogP contribution is 2.53. The lowest BCUT2D eigenvalue weighted by atomic mass is 9.92. The Balaban J connectivity index is 1.85. The molecule has 1 N–H and O–H groups in total. The molecule has 4 rings (SSSR count). The second-order valence-electron chi connectivity index (χ2n) is 7.05. The Kier molecular flexibility index (Phi) is 5.17. The van der Waals surface area contributed by atoms with Crippen LogP contribution in [0, 0.1) is 5.92 Å². The monoisotopic (exact) mass is 432 g/mol. The maximum Gasteiger partial charge on any atom is 0.344 e. The van der Waals surface area contributed by atoms with E-state index < -0.39 is 5.97 Å². The fourth-order valence-corrected chi connectivity index (χ4v) is 5.13. The first-order chi connectivity index (χ1) is 13.4. The van der Waals surface area contributed by atoms with E-state index in [1.165, 1.54) is 11.8 Å². The number of carboxylic acid groups (broad SMARTS) is 1. The van der Waals surface area contributed by atoms with E-state index in [1.807, 2.05) is 62.4 Å². The minimum absolute atomic E-state index is 0.0464. The van der Waals surface area contributed by atoms with Crippen LogP contribution in [0.4, 0.5) is 0 Å². The van der Waals surface area contributed by atoms with Gasteiger partial charge in [-0.2, -0.15) is 0 Å². The van der Waals surface area contributed by atoms with Crippen molar-refractivity contribution in [3.05, 3.63) is 80.3 Å². The van der Waals surface area contributed by atoms with Gasteiger partial charge in [0.2, 0.25) is 0 Å². The third kappa shape index (κ3) is 3.32. The first-order valence-corrected chi connectivity index (χ1v) is 10.5. The molecule has 0 spiro atoms. The van der Waals surface area contributed by atoms with Gasteiger partial charge in [-0.25, -0.2) is 4.79 Å². The van der Waals surface area contributed by atoms with Gasteiger partial charge < -0.3 is 10.0 Å². The second kappa shape index (κ2) is 7.47. The van der Waals surface area contributed by atoms with Gasteiger partial charge in [0, 0.05) is 15.7 Å². The van der Waals surface area contributed by atoms with Gasteiger partial charge in [0.1, 0.15) is 10.9 Å². The van der Waals surface area contributed by atoms with Gasteiger partial charge in [0.15, 0.2) is 5.17 Å². The lowest BCUT2D eigenvalue weighted by molar-refractivity contribution is -0.131. The Bertz CT molecular complexity index is 984. The van der Waals surface area contributed by atoms with E-state index in [0.717, 1.165) is 22.0 Å². The molecular formula is C21H18Cl2N2O2S. The molecule has 0 saturated carbocycles. The molecule has 2 aromatic rings. The highest BCUT2D eigenvalue weighted by Gasteiger charge is 2.47. The van der Waals surface area contributed by atoms with E-state index in [1.54, 1.807) is 0 Å². The van der Waals surface area contributed by atoms with Crippen LogP contribution < -0.4 is 0 Å². The van der Waals surface area contributed by atoms with Crippen molar-refractivity contribution in [2.45, 2.75) is 25.9 Å². The number of aliphatic carboxylic acids is 1. The van der Waals surface area contributed by atoms with Crippen molar-refractivity contribution in [2.75, 3.05) is 0 Å². The molecule has 2 unspecified atom stereocenters. The zero-order chi connectivity index (χ0) is 20.0. The van der Waals surface area contributed by atoms with Crippen molar-refractivity contribution in [1.82, 2.24) is 4.90 Å². The number of fused-ring (bicyclic) bond motifs is 1. The van der Waals surface area contributed by atoms with E-state index in [0.29, 0.717) is 15.0 Å². The lowest BCUT2D eigenvalue weighted by Gasteiger charge is -2.31. The van der Waals surface area contributed by atoms with Gasteiger partial charge in [0.05, 0.1) is 6.04 Å². The largest absolute Gasteiger partial charge is 0.477 e. The van der Waals surface area contributed by atoms with Crippen LogP contribution in [0.3, 0.4) is 0 Å². The Hall–Kier alpha value is -1.95. The molecule has 2 aromatic carbocycles. The van der Waals surface area contributed by atoms with Crippen LogP contribution >= 0.6 is 35.0 Å². The highest BCUT2D eigenvalue weighted by molar-refractivity contribution is 8.18. The fraction of sp³-hybridized carbons (Fsp3) is 0.238. The summed E-state index contributed by atoms with van der Waals surface area (Å²) in [6.45, 7) is 4.02. The number of carboxylic acids is 1. The number of thioether (sulfide) groups is 1. The molecule has 0 radical (unpaired) electrons. The van der Waals surface area contributed by atoms with Gasteiger partial charge in [-0.15, -0.1) is 0 Å². The van der Waals surface area contributed by atoms with Crippen LogP contribution in [0.2, 0.25) is 10.0 Å². The van der Waals surface area contributed by atoms with Crippen molar-refractivity contribution in [2.24, 2.45) is 10.9 Å². The van der Waals surface area contributed by atoms with E-state index in [2.05, 4.69) is 4.90 Å². The molecule has 28 heavy (non-hydrogen) atoms. The van der Waals surface area contributed by atoms with Crippen LogP contribution in [0.5, 0.6) is 0 Å². The Morgan fingerprint density at radius 2 is 1.57 bits per heavy atom. The van der Waals surface area contributed by atoms with E-state index in [4.69, 9.17) is 28.2 Å². The number of hydrogen-bond acceptors (Lipinski definition) is 4. The molecule has 2 heterocycles. The number of amidine groups is 1. The smallest absolute Gasteiger partial charge is 0.344 e. The van der Waals surface area contributed by atoms with Crippen LogP contribution in [-0.2, 0) is 4.79 Å². The van der Waals surface area contributed by atoms with E-state index >= 15 is 0 Å². The summed E-state index contributed by atoms with van der Waals surface area (Å²) in [6, 6.07) is 15.0. The molecule has 0 fully saturated rings. The van der Waals surface area contributed by atoms with Gasteiger partial charge in [0.25, 0.3) is 0 Å². The Labute approximate surface area is 177 Å². The summed E-state index contributed by atoms with van der Waals surface area (Å²) in [4.78, 5) is 19.2. The average molecular weight is 433 g/mol. The third-order valence-electron chi connectivity index (χ3n) is 4.88. The topological polar surface area (TPSA) is 52.9 Å². The van der Waals surface area contributed by atoms with Crippen molar-refractivity contribution in [3.63, 3.8) is 0 Å². The van der Waals surface area contributed by atoms with Gasteiger partial charge in [-0.1, -0.05) is 61.3 Å². The van der Waals surface area contributed by atoms with Crippen LogP contribution in [-0.4, -0.2) is 21.1 Å². The number of allylic oxidation sites excluding steroid dienone is 1. The second-order valence-corrected chi connectivity index (χ2v) is 8.90. The van der Waals surface area contributed by atoms with Crippen molar-refractivity contribution in [1.29, 1.82) is 0 Å². The summed E-state index contributed by atoms with van der Waals surface area (Å²) in [5.74, 6) is -0.867. The lowest BCUT2D eigenvalue weighted by Crippen LogP contribution is -2.29. The Morgan fingerprint density at radius 1 is 1.04 bits per heavy atom. The molecule has 2 atom stereocenters. The zero-order valence-electron chi connectivity index (χ0n) is 15.3. The summed E-state index contributed by atoms with van der Waals surface area (Å²) in [6.07, 6.45) is 0. The SMILES string of the molecule is CC(C)C1=C(C(=O)O)SC2=NC(c3ccc(Cl)cc3)C(c3ccc(Cl)cc3)N21. The average Bonchev–Trinajstić information content (AvgIpc) is 3.19. The normalized spacial score (nSPS) is 21.3.